The number of nitrogens with zero attached hydrogens (tertiary/aromatic N) is 1. The Balaban J connectivity index is 1.88. The van der Waals surface area contributed by atoms with Gasteiger partial charge in [0, 0.05) is 24.7 Å². The van der Waals surface area contributed by atoms with Gasteiger partial charge in [0.1, 0.15) is 0 Å². The van der Waals surface area contributed by atoms with Crippen molar-refractivity contribution in [1.29, 1.82) is 0 Å². The first-order valence-corrected chi connectivity index (χ1v) is 9.77. The Hall–Kier alpha value is -0.0800. The molecule has 0 aromatic heterocycles. The molecule has 2 aliphatic heterocycles. The minimum absolute atomic E-state index is 0.798. The molecule has 2 saturated heterocycles. The highest BCUT2D eigenvalue weighted by Gasteiger charge is 2.38. The number of rotatable bonds is 9. The van der Waals surface area contributed by atoms with Crippen LogP contribution >= 0.6 is 0 Å². The molecule has 0 radical (unpaired) electrons. The fraction of sp³-hybridized carbons (Fsp3) is 1.00. The first-order valence-electron chi connectivity index (χ1n) is 9.77. The van der Waals surface area contributed by atoms with Gasteiger partial charge in [0.2, 0.25) is 0 Å². The van der Waals surface area contributed by atoms with Crippen LogP contribution in [0.3, 0.4) is 0 Å². The zero-order valence-corrected chi connectivity index (χ0v) is 14.7. The van der Waals surface area contributed by atoms with Gasteiger partial charge in [-0.2, -0.15) is 0 Å². The fourth-order valence-corrected chi connectivity index (χ4v) is 4.51. The summed E-state index contributed by atoms with van der Waals surface area (Å²) in [5.41, 5.74) is 0. The van der Waals surface area contributed by atoms with Crippen molar-refractivity contribution >= 4 is 0 Å². The molecular weight excluding hydrogens is 256 g/mol. The smallest absolute Gasteiger partial charge is 0.0113 e. The normalized spacial score (nSPS) is 31.3. The van der Waals surface area contributed by atoms with E-state index < -0.39 is 0 Å². The summed E-state index contributed by atoms with van der Waals surface area (Å²) in [5, 5.41) is 3.80. The molecule has 3 atom stereocenters. The van der Waals surface area contributed by atoms with Crippen molar-refractivity contribution in [1.82, 2.24) is 10.2 Å². The Morgan fingerprint density at radius 1 is 1.05 bits per heavy atom. The number of hydrogen-bond donors (Lipinski definition) is 1. The summed E-state index contributed by atoms with van der Waals surface area (Å²) in [6, 6.07) is 2.55. The lowest BCUT2D eigenvalue weighted by molar-refractivity contribution is 0.0106. The molecule has 3 unspecified atom stereocenters. The van der Waals surface area contributed by atoms with Gasteiger partial charge in [-0.15, -0.1) is 0 Å². The van der Waals surface area contributed by atoms with Crippen LogP contribution in [-0.2, 0) is 0 Å². The van der Waals surface area contributed by atoms with Crippen LogP contribution < -0.4 is 5.32 Å². The zero-order chi connectivity index (χ0) is 15.1. The fourth-order valence-electron chi connectivity index (χ4n) is 4.51. The van der Waals surface area contributed by atoms with Crippen LogP contribution in [0.5, 0.6) is 0 Å². The Bertz CT molecular complexity index is 265. The number of fused-ring (bicyclic) bond motifs is 2. The van der Waals surface area contributed by atoms with Gasteiger partial charge in [-0.3, -0.25) is 4.90 Å². The van der Waals surface area contributed by atoms with E-state index in [-0.39, 0.29) is 0 Å². The molecule has 2 heteroatoms. The van der Waals surface area contributed by atoms with Crippen molar-refractivity contribution in [2.75, 3.05) is 13.1 Å². The highest BCUT2D eigenvalue weighted by Crippen LogP contribution is 2.35. The molecule has 2 fully saturated rings. The minimum Gasteiger partial charge on any atom is -0.314 e. The average Bonchev–Trinajstić information content (AvgIpc) is 2.49. The Labute approximate surface area is 133 Å². The molecule has 2 nitrogen and oxygen atoms in total. The highest BCUT2D eigenvalue weighted by atomic mass is 15.2. The quantitative estimate of drug-likeness (QED) is 0.669. The van der Waals surface area contributed by atoms with Gasteiger partial charge in [0.25, 0.3) is 0 Å². The molecule has 0 aromatic carbocycles. The van der Waals surface area contributed by atoms with Gasteiger partial charge in [-0.1, -0.05) is 46.5 Å². The molecular formula is C19H38N2. The number of piperidine rings is 2. The molecule has 0 amide bonds. The van der Waals surface area contributed by atoms with Crippen molar-refractivity contribution in [3.63, 3.8) is 0 Å². The van der Waals surface area contributed by atoms with Crippen LogP contribution in [0.25, 0.3) is 0 Å². The topological polar surface area (TPSA) is 15.3 Å². The minimum atomic E-state index is 0.798. The van der Waals surface area contributed by atoms with E-state index in [1.54, 1.807) is 0 Å². The average molecular weight is 295 g/mol. The van der Waals surface area contributed by atoms with Crippen LogP contribution in [0.4, 0.5) is 0 Å². The maximum atomic E-state index is 3.80. The van der Waals surface area contributed by atoms with Crippen molar-refractivity contribution in [3.8, 4) is 0 Å². The van der Waals surface area contributed by atoms with E-state index in [9.17, 15) is 0 Å². The lowest BCUT2D eigenvalue weighted by atomic mass is 9.80. The lowest BCUT2D eigenvalue weighted by Crippen LogP contribution is -2.57. The van der Waals surface area contributed by atoms with E-state index in [1.165, 1.54) is 77.3 Å². The maximum absolute atomic E-state index is 3.80. The van der Waals surface area contributed by atoms with Gasteiger partial charge in [-0.25, -0.2) is 0 Å². The molecule has 2 bridgehead atoms. The largest absolute Gasteiger partial charge is 0.314 e. The van der Waals surface area contributed by atoms with Crippen molar-refractivity contribution < 1.29 is 0 Å². The second-order valence-electron chi connectivity index (χ2n) is 7.47. The molecule has 0 spiro atoms. The first kappa shape index (κ1) is 17.3. The summed E-state index contributed by atoms with van der Waals surface area (Å²) in [4.78, 5) is 2.93. The molecule has 0 aliphatic carbocycles. The summed E-state index contributed by atoms with van der Waals surface area (Å²) >= 11 is 0. The predicted molar refractivity (Wildman–Crippen MR) is 92.8 cm³/mol. The lowest BCUT2D eigenvalue weighted by Gasteiger charge is -2.50. The van der Waals surface area contributed by atoms with Gasteiger partial charge in [0.05, 0.1) is 0 Å². The van der Waals surface area contributed by atoms with Crippen LogP contribution in [0.15, 0.2) is 0 Å². The van der Waals surface area contributed by atoms with Gasteiger partial charge in [-0.05, 0) is 51.0 Å². The molecule has 1 N–H and O–H groups in total. The third kappa shape index (κ3) is 4.96. The van der Waals surface area contributed by atoms with E-state index in [0.29, 0.717) is 0 Å². The Morgan fingerprint density at radius 3 is 2.33 bits per heavy atom. The van der Waals surface area contributed by atoms with Crippen molar-refractivity contribution in [2.45, 2.75) is 103 Å². The first-order chi connectivity index (χ1) is 10.3. The maximum Gasteiger partial charge on any atom is 0.0113 e. The van der Waals surface area contributed by atoms with Crippen molar-refractivity contribution in [2.24, 2.45) is 5.92 Å². The monoisotopic (exact) mass is 294 g/mol. The van der Waals surface area contributed by atoms with Crippen LogP contribution in [-0.4, -0.2) is 36.1 Å². The van der Waals surface area contributed by atoms with E-state index in [4.69, 9.17) is 0 Å². The number of hydrogen-bond acceptors (Lipinski definition) is 2. The summed E-state index contributed by atoms with van der Waals surface area (Å²) < 4.78 is 0. The summed E-state index contributed by atoms with van der Waals surface area (Å²) in [6.07, 6.45) is 14.0. The summed E-state index contributed by atoms with van der Waals surface area (Å²) in [7, 11) is 0. The van der Waals surface area contributed by atoms with E-state index in [0.717, 1.165) is 24.0 Å². The standard InChI is InChI=1S/C19H38N2/c1-4-7-9-16(6-3)15-21-18-10-8-11-19(21)14-17(13-18)20-12-5-2/h16-20H,4-15H2,1-3H3. The number of unbranched alkanes of at least 4 members (excludes halogenated alkanes) is 1. The third-order valence-electron chi connectivity index (χ3n) is 5.82. The summed E-state index contributed by atoms with van der Waals surface area (Å²) in [6.45, 7) is 9.59. The molecule has 0 saturated carbocycles. The van der Waals surface area contributed by atoms with Crippen LogP contribution in [0.1, 0.15) is 85.0 Å². The molecule has 124 valence electrons. The summed E-state index contributed by atoms with van der Waals surface area (Å²) in [5.74, 6) is 0.938. The number of nitrogens with one attached hydrogen (secondary N) is 1. The van der Waals surface area contributed by atoms with Crippen molar-refractivity contribution in [3.05, 3.63) is 0 Å². The predicted octanol–water partition coefficient (Wildman–Crippen LogP) is 4.59. The second kappa shape index (κ2) is 9.15. The van der Waals surface area contributed by atoms with Gasteiger partial charge < -0.3 is 5.32 Å². The second-order valence-corrected chi connectivity index (χ2v) is 7.47. The molecule has 2 heterocycles. The third-order valence-corrected chi connectivity index (χ3v) is 5.82. The van der Waals surface area contributed by atoms with E-state index in [2.05, 4.69) is 31.0 Å². The van der Waals surface area contributed by atoms with Gasteiger partial charge >= 0.3 is 0 Å². The van der Waals surface area contributed by atoms with Crippen LogP contribution in [0.2, 0.25) is 0 Å². The Kier molecular flexibility index (Phi) is 7.53. The zero-order valence-electron chi connectivity index (χ0n) is 14.7. The van der Waals surface area contributed by atoms with Gasteiger partial charge in [0.15, 0.2) is 0 Å². The molecule has 21 heavy (non-hydrogen) atoms. The molecule has 0 aromatic rings. The highest BCUT2D eigenvalue weighted by molar-refractivity contribution is 4.95. The van der Waals surface area contributed by atoms with E-state index >= 15 is 0 Å². The van der Waals surface area contributed by atoms with E-state index in [1.807, 2.05) is 0 Å². The molecule has 2 rings (SSSR count). The SMILES string of the molecule is CCCCC(CC)CN1C2CCCC1CC(NCCC)C2. The Morgan fingerprint density at radius 2 is 1.76 bits per heavy atom. The van der Waals surface area contributed by atoms with Crippen LogP contribution in [0, 0.1) is 5.92 Å². The molecule has 2 aliphatic rings.